The molecule has 0 aliphatic carbocycles. The van der Waals surface area contributed by atoms with Crippen LogP contribution < -0.4 is 10.1 Å². The van der Waals surface area contributed by atoms with Crippen LogP contribution in [0.4, 0.5) is 27.8 Å². The average molecular weight is 420 g/mol. The van der Waals surface area contributed by atoms with Gasteiger partial charge in [-0.1, -0.05) is 13.0 Å². The summed E-state index contributed by atoms with van der Waals surface area (Å²) in [7, 11) is 1.05. The molecule has 1 aromatic carbocycles. The summed E-state index contributed by atoms with van der Waals surface area (Å²) >= 11 is 0. The van der Waals surface area contributed by atoms with Crippen molar-refractivity contribution in [3.8, 4) is 5.75 Å². The van der Waals surface area contributed by atoms with E-state index in [0.29, 0.717) is 0 Å². The molecule has 1 aromatic heterocycles. The van der Waals surface area contributed by atoms with Gasteiger partial charge in [0.05, 0.1) is 13.3 Å². The maximum atomic E-state index is 14.2. The Labute approximate surface area is 161 Å². The Bertz CT molecular complexity index is 905. The third-order valence-corrected chi connectivity index (χ3v) is 5.24. The average Bonchev–Trinajstić information content (AvgIpc) is 3.24. The van der Waals surface area contributed by atoms with Gasteiger partial charge in [0.15, 0.2) is 23.0 Å². The number of alkyl halides is 3. The van der Waals surface area contributed by atoms with Crippen molar-refractivity contribution in [3.63, 3.8) is 0 Å². The first kappa shape index (κ1) is 21.0. The number of carbonyl (C=O) groups is 1. The molecule has 158 valence electrons. The van der Waals surface area contributed by atoms with E-state index in [9.17, 15) is 26.7 Å². The Hall–Kier alpha value is -2.76. The van der Waals surface area contributed by atoms with Gasteiger partial charge in [-0.3, -0.25) is 4.79 Å². The number of hydrogen-bond donors (Lipinski definition) is 2. The third-order valence-electron chi connectivity index (χ3n) is 5.24. The summed E-state index contributed by atoms with van der Waals surface area (Å²) in [6, 6.07) is 1.84. The number of ether oxygens (including phenoxy) is 2. The van der Waals surface area contributed by atoms with E-state index in [4.69, 9.17) is 9.47 Å². The number of rotatable bonds is 4. The lowest BCUT2D eigenvalue weighted by Crippen LogP contribution is -2.47. The van der Waals surface area contributed by atoms with Crippen molar-refractivity contribution in [2.75, 3.05) is 12.4 Å². The van der Waals surface area contributed by atoms with E-state index in [0.717, 1.165) is 32.4 Å². The molecule has 1 saturated heterocycles. The molecule has 0 saturated carbocycles. The molecule has 3 rings (SSSR count). The van der Waals surface area contributed by atoms with Crippen LogP contribution in [-0.2, 0) is 9.53 Å². The summed E-state index contributed by atoms with van der Waals surface area (Å²) < 4.78 is 79.3. The molecule has 2 aromatic rings. The number of methoxy groups -OCH3 is 1. The van der Waals surface area contributed by atoms with Crippen molar-refractivity contribution in [2.24, 2.45) is 5.92 Å². The highest BCUT2D eigenvalue weighted by Crippen LogP contribution is 2.54. The molecular formula is C17H17F5N4O3. The number of nitrogens with zero attached hydrogens (tertiary/aromatic N) is 2. The first-order valence-corrected chi connectivity index (χ1v) is 8.44. The van der Waals surface area contributed by atoms with Crippen LogP contribution in [0.5, 0.6) is 5.75 Å². The molecule has 2 heterocycles. The topological polar surface area (TPSA) is 89.1 Å². The van der Waals surface area contributed by atoms with E-state index >= 15 is 0 Å². The number of aromatic amines is 1. The highest BCUT2D eigenvalue weighted by Gasteiger charge is 2.65. The van der Waals surface area contributed by atoms with Gasteiger partial charge in [0, 0.05) is 17.4 Å². The minimum absolute atomic E-state index is 0.0390. The van der Waals surface area contributed by atoms with Gasteiger partial charge >= 0.3 is 6.18 Å². The van der Waals surface area contributed by atoms with E-state index in [2.05, 4.69) is 20.7 Å². The van der Waals surface area contributed by atoms with Gasteiger partial charge < -0.3 is 14.8 Å². The zero-order valence-corrected chi connectivity index (χ0v) is 15.5. The maximum Gasteiger partial charge on any atom is 0.417 e. The van der Waals surface area contributed by atoms with Crippen molar-refractivity contribution in [3.05, 3.63) is 35.5 Å². The number of halogens is 5. The van der Waals surface area contributed by atoms with E-state index in [1.165, 1.54) is 6.92 Å². The number of nitrogens with one attached hydrogen (secondary N) is 2. The zero-order chi connectivity index (χ0) is 21.6. The summed E-state index contributed by atoms with van der Waals surface area (Å²) in [6.07, 6.45) is -5.38. The molecule has 0 radical (unpaired) electrons. The van der Waals surface area contributed by atoms with Crippen LogP contribution in [0.25, 0.3) is 0 Å². The maximum absolute atomic E-state index is 14.2. The van der Waals surface area contributed by atoms with Gasteiger partial charge in [0.25, 0.3) is 5.91 Å². The number of benzene rings is 1. The van der Waals surface area contributed by atoms with Gasteiger partial charge in [-0.05, 0) is 13.0 Å². The Morgan fingerprint density at radius 2 is 2.03 bits per heavy atom. The van der Waals surface area contributed by atoms with Crippen LogP contribution in [0.1, 0.15) is 25.3 Å². The Balaban J connectivity index is 2.10. The van der Waals surface area contributed by atoms with E-state index in [1.807, 2.05) is 0 Å². The molecule has 0 spiro atoms. The molecule has 2 N–H and O–H groups in total. The number of H-pyrrole nitrogens is 1. The van der Waals surface area contributed by atoms with Gasteiger partial charge in [-0.15, -0.1) is 5.10 Å². The molecule has 7 nitrogen and oxygen atoms in total. The quantitative estimate of drug-likeness (QED) is 0.742. The fraction of sp³-hybridized carbons (Fsp3) is 0.471. The molecule has 1 aliphatic rings. The molecular weight excluding hydrogens is 403 g/mol. The molecule has 1 aliphatic heterocycles. The number of carbonyl (C=O) groups excluding carboxylic acids is 1. The highest BCUT2D eigenvalue weighted by atomic mass is 19.4. The van der Waals surface area contributed by atoms with Gasteiger partial charge in [-0.2, -0.15) is 27.9 Å². The first-order chi connectivity index (χ1) is 13.5. The SMILES string of the molecule is COc1c([C@H]2[C@H](C(=O)Nc3cn[nH]n3)O[C@@](C)(C(F)(F)F)[C@H]2C)ccc(F)c1F. The van der Waals surface area contributed by atoms with E-state index in [-0.39, 0.29) is 11.4 Å². The lowest BCUT2D eigenvalue weighted by Gasteiger charge is -2.32. The summed E-state index contributed by atoms with van der Waals surface area (Å²) in [4.78, 5) is 12.7. The van der Waals surface area contributed by atoms with Crippen LogP contribution in [0, 0.1) is 17.6 Å². The van der Waals surface area contributed by atoms with Crippen molar-refractivity contribution >= 4 is 11.7 Å². The Kier molecular flexibility index (Phi) is 5.24. The van der Waals surface area contributed by atoms with Crippen LogP contribution in [-0.4, -0.2) is 46.3 Å². The normalized spacial score (nSPS) is 27.1. The van der Waals surface area contributed by atoms with Crippen molar-refractivity contribution < 1.29 is 36.2 Å². The fourth-order valence-electron chi connectivity index (χ4n) is 3.50. The van der Waals surface area contributed by atoms with Crippen molar-refractivity contribution in [1.29, 1.82) is 0 Å². The molecule has 4 atom stereocenters. The number of amides is 1. The first-order valence-electron chi connectivity index (χ1n) is 8.44. The monoisotopic (exact) mass is 420 g/mol. The standard InChI is InChI=1S/C17H17F5N4O3/c1-7-11(8-4-5-9(18)12(19)13(8)28-3)14(29-16(7,2)17(20,21)22)15(27)24-10-6-23-26-25-10/h4-7,11,14H,1-3H3,(H2,23,24,25,26,27)/t7-,11-,14+,16+/m0/s1. The second-order valence-electron chi connectivity index (χ2n) is 6.79. The van der Waals surface area contributed by atoms with Gasteiger partial charge in [-0.25, -0.2) is 4.39 Å². The minimum atomic E-state index is -4.83. The van der Waals surface area contributed by atoms with E-state index < -0.39 is 53.0 Å². The van der Waals surface area contributed by atoms with Gasteiger partial charge in [0.2, 0.25) is 5.82 Å². The van der Waals surface area contributed by atoms with Crippen LogP contribution >= 0.6 is 0 Å². The molecule has 1 fully saturated rings. The summed E-state index contributed by atoms with van der Waals surface area (Å²) in [5.74, 6) is -6.81. The summed E-state index contributed by atoms with van der Waals surface area (Å²) in [5.41, 5.74) is -2.84. The highest BCUT2D eigenvalue weighted by molar-refractivity contribution is 5.94. The summed E-state index contributed by atoms with van der Waals surface area (Å²) in [6.45, 7) is 2.03. The fourth-order valence-corrected chi connectivity index (χ4v) is 3.50. The van der Waals surface area contributed by atoms with Crippen molar-refractivity contribution in [1.82, 2.24) is 15.4 Å². The van der Waals surface area contributed by atoms with Crippen molar-refractivity contribution in [2.45, 2.75) is 37.6 Å². The van der Waals surface area contributed by atoms with E-state index in [1.54, 1.807) is 0 Å². The lowest BCUT2D eigenvalue weighted by atomic mass is 9.77. The molecule has 12 heteroatoms. The number of hydrogen-bond acceptors (Lipinski definition) is 5. The molecule has 1 amide bonds. The molecule has 0 unspecified atom stereocenters. The smallest absolute Gasteiger partial charge is 0.417 e. The predicted molar refractivity (Wildman–Crippen MR) is 89.2 cm³/mol. The van der Waals surface area contributed by atoms with Crippen LogP contribution in [0.2, 0.25) is 0 Å². The zero-order valence-electron chi connectivity index (χ0n) is 15.5. The Morgan fingerprint density at radius 1 is 1.34 bits per heavy atom. The third kappa shape index (κ3) is 3.41. The molecule has 29 heavy (non-hydrogen) atoms. The molecule has 0 bridgehead atoms. The predicted octanol–water partition coefficient (Wildman–Crippen LogP) is 3.17. The second-order valence-corrected chi connectivity index (χ2v) is 6.79. The van der Waals surface area contributed by atoms with Crippen LogP contribution in [0.15, 0.2) is 18.3 Å². The number of anilines is 1. The largest absolute Gasteiger partial charge is 0.493 e. The van der Waals surface area contributed by atoms with Crippen LogP contribution in [0.3, 0.4) is 0 Å². The summed E-state index contributed by atoms with van der Waals surface area (Å²) in [5, 5.41) is 11.6. The lowest BCUT2D eigenvalue weighted by molar-refractivity contribution is -0.272. The minimum Gasteiger partial charge on any atom is -0.493 e. The van der Waals surface area contributed by atoms with Gasteiger partial charge in [0.1, 0.15) is 6.10 Å². The Morgan fingerprint density at radius 3 is 2.59 bits per heavy atom. The number of aromatic nitrogens is 3. The second kappa shape index (κ2) is 7.25.